The Morgan fingerprint density at radius 2 is 1.65 bits per heavy atom. The fourth-order valence-electron chi connectivity index (χ4n) is 1.94. The number of benzene rings is 2. The first-order chi connectivity index (χ1) is 11.1. The lowest BCUT2D eigenvalue weighted by Gasteiger charge is -2.04. The lowest BCUT2D eigenvalue weighted by atomic mass is 10.1. The zero-order valence-corrected chi connectivity index (χ0v) is 12.5. The van der Waals surface area contributed by atoms with Crippen LogP contribution >= 0.6 is 0 Å². The number of hydrogen-bond donors (Lipinski definition) is 0. The van der Waals surface area contributed by atoms with Crippen molar-refractivity contribution < 1.29 is 19.1 Å². The van der Waals surface area contributed by atoms with Crippen molar-refractivity contribution in [3.8, 4) is 5.75 Å². The molecule has 4 nitrogen and oxygen atoms in total. The van der Waals surface area contributed by atoms with Crippen molar-refractivity contribution in [2.24, 2.45) is 0 Å². The minimum atomic E-state index is -0.488. The van der Waals surface area contributed by atoms with Crippen molar-refractivity contribution in [2.45, 2.75) is 0 Å². The van der Waals surface area contributed by atoms with Gasteiger partial charge in [-0.15, -0.1) is 0 Å². The Kier molecular flexibility index (Phi) is 5.47. The van der Waals surface area contributed by atoms with Gasteiger partial charge in [-0.05, 0) is 40.6 Å². The molecule has 116 valence electrons. The lowest BCUT2D eigenvalue weighted by Crippen LogP contribution is -2.02. The van der Waals surface area contributed by atoms with E-state index in [2.05, 4.69) is 13.2 Å². The molecule has 0 heterocycles. The van der Waals surface area contributed by atoms with Crippen LogP contribution in [-0.4, -0.2) is 18.5 Å². The molecule has 2 rings (SSSR count). The van der Waals surface area contributed by atoms with Crippen LogP contribution in [0.15, 0.2) is 67.8 Å². The van der Waals surface area contributed by atoms with Gasteiger partial charge in [0.15, 0.2) is 0 Å². The van der Waals surface area contributed by atoms with Crippen LogP contribution in [0.3, 0.4) is 0 Å². The summed E-state index contributed by atoms with van der Waals surface area (Å²) in [6.45, 7) is 6.88. The maximum absolute atomic E-state index is 11.2. The topological polar surface area (TPSA) is 52.6 Å². The molecule has 0 saturated heterocycles. The smallest absolute Gasteiger partial charge is 0.335 e. The van der Waals surface area contributed by atoms with Gasteiger partial charge in [-0.3, -0.25) is 0 Å². The lowest BCUT2D eigenvalue weighted by molar-refractivity contribution is -0.136. The van der Waals surface area contributed by atoms with Crippen LogP contribution in [0.2, 0.25) is 0 Å². The van der Waals surface area contributed by atoms with Crippen LogP contribution in [-0.2, 0) is 14.3 Å². The van der Waals surface area contributed by atoms with E-state index in [1.54, 1.807) is 18.2 Å². The third kappa shape index (κ3) is 4.68. The van der Waals surface area contributed by atoms with Crippen LogP contribution in [0.25, 0.3) is 16.8 Å². The van der Waals surface area contributed by atoms with Gasteiger partial charge in [0, 0.05) is 12.2 Å². The summed E-state index contributed by atoms with van der Waals surface area (Å²) in [6, 6.07) is 11.2. The van der Waals surface area contributed by atoms with Gasteiger partial charge in [0.25, 0.3) is 0 Å². The number of carbonyl (C=O) groups is 2. The molecule has 0 fully saturated rings. The van der Waals surface area contributed by atoms with E-state index >= 15 is 0 Å². The van der Waals surface area contributed by atoms with Crippen molar-refractivity contribution >= 4 is 28.8 Å². The molecular weight excluding hydrogens is 292 g/mol. The molecule has 23 heavy (non-hydrogen) atoms. The summed E-state index contributed by atoms with van der Waals surface area (Å²) in [5.41, 5.74) is 0.975. The number of esters is 2. The largest absolute Gasteiger partial charge is 0.458 e. The Bertz CT molecular complexity index is 787. The van der Waals surface area contributed by atoms with Crippen LogP contribution in [0.1, 0.15) is 5.56 Å². The predicted octanol–water partition coefficient (Wildman–Crippen LogP) is 3.67. The molecule has 0 atom stereocenters. The fraction of sp³-hybridized carbons (Fsp3) is 0.0526. The highest BCUT2D eigenvalue weighted by molar-refractivity contribution is 5.88. The molecule has 4 heteroatoms. The third-order valence-electron chi connectivity index (χ3n) is 3.02. The van der Waals surface area contributed by atoms with E-state index in [-0.39, 0.29) is 6.61 Å². The van der Waals surface area contributed by atoms with Gasteiger partial charge in [-0.2, -0.15) is 0 Å². The van der Waals surface area contributed by atoms with Crippen molar-refractivity contribution in [1.82, 2.24) is 0 Å². The summed E-state index contributed by atoms with van der Waals surface area (Å²) in [6.07, 6.45) is 5.86. The van der Waals surface area contributed by atoms with Gasteiger partial charge >= 0.3 is 11.9 Å². The highest BCUT2D eigenvalue weighted by Crippen LogP contribution is 2.22. The molecule has 0 saturated carbocycles. The summed E-state index contributed by atoms with van der Waals surface area (Å²) < 4.78 is 9.95. The highest BCUT2D eigenvalue weighted by atomic mass is 16.5. The van der Waals surface area contributed by atoms with Gasteiger partial charge in [0.1, 0.15) is 12.4 Å². The first-order valence-corrected chi connectivity index (χ1v) is 6.96. The molecule has 0 amide bonds. The molecule has 0 bridgehead atoms. The fourth-order valence-corrected chi connectivity index (χ4v) is 1.94. The summed E-state index contributed by atoms with van der Waals surface area (Å²) in [5, 5.41) is 1.96. The molecule has 2 aromatic rings. The van der Waals surface area contributed by atoms with Gasteiger partial charge in [-0.1, -0.05) is 37.4 Å². The Morgan fingerprint density at radius 3 is 2.39 bits per heavy atom. The minimum Gasteiger partial charge on any atom is -0.458 e. The quantitative estimate of drug-likeness (QED) is 0.464. The number of hydrogen-bond acceptors (Lipinski definition) is 4. The van der Waals surface area contributed by atoms with Crippen molar-refractivity contribution in [2.75, 3.05) is 6.61 Å². The normalized spacial score (nSPS) is 10.4. The molecule has 0 spiro atoms. The minimum absolute atomic E-state index is 0.194. The zero-order valence-electron chi connectivity index (χ0n) is 12.5. The maximum atomic E-state index is 11.2. The second-order valence-electron chi connectivity index (χ2n) is 4.63. The summed E-state index contributed by atoms with van der Waals surface area (Å²) in [5.74, 6) is -0.463. The van der Waals surface area contributed by atoms with Crippen LogP contribution in [0.4, 0.5) is 0 Å². The second kappa shape index (κ2) is 7.75. The second-order valence-corrected chi connectivity index (χ2v) is 4.63. The van der Waals surface area contributed by atoms with E-state index < -0.39 is 11.9 Å². The van der Waals surface area contributed by atoms with Crippen molar-refractivity contribution in [3.63, 3.8) is 0 Å². The van der Waals surface area contributed by atoms with Crippen molar-refractivity contribution in [1.29, 1.82) is 0 Å². The number of carbonyl (C=O) groups excluding carboxylic acids is 2. The van der Waals surface area contributed by atoms with E-state index in [0.717, 1.165) is 28.5 Å². The number of ether oxygens (including phenoxy) is 2. The first kappa shape index (κ1) is 16.2. The standard InChI is InChI=1S/C19H16O4/c1-3-18(20)22-11-5-6-14-7-8-16-13-17(23-19(21)4-2)10-9-15(16)12-14/h3-10,12-13H,1-2,11H2. The van der Waals surface area contributed by atoms with Gasteiger partial charge < -0.3 is 9.47 Å². The van der Waals surface area contributed by atoms with E-state index in [1.807, 2.05) is 30.3 Å². The van der Waals surface area contributed by atoms with Crippen LogP contribution < -0.4 is 4.74 Å². The Hall–Kier alpha value is -3.14. The summed E-state index contributed by atoms with van der Waals surface area (Å²) >= 11 is 0. The predicted molar refractivity (Wildman–Crippen MR) is 90.0 cm³/mol. The van der Waals surface area contributed by atoms with Gasteiger partial charge in [-0.25, -0.2) is 9.59 Å². The molecule has 0 aliphatic rings. The number of fused-ring (bicyclic) bond motifs is 1. The zero-order chi connectivity index (χ0) is 16.7. The summed E-state index contributed by atoms with van der Waals surface area (Å²) in [7, 11) is 0. The Balaban J connectivity index is 2.10. The van der Waals surface area contributed by atoms with Crippen molar-refractivity contribution in [3.05, 3.63) is 73.3 Å². The average Bonchev–Trinajstić information content (AvgIpc) is 2.58. The first-order valence-electron chi connectivity index (χ1n) is 6.96. The van der Waals surface area contributed by atoms with Crippen LogP contribution in [0.5, 0.6) is 5.75 Å². The van der Waals surface area contributed by atoms with Crippen LogP contribution in [0, 0.1) is 0 Å². The van der Waals surface area contributed by atoms with E-state index in [4.69, 9.17) is 9.47 Å². The van der Waals surface area contributed by atoms with Gasteiger partial charge in [0.05, 0.1) is 0 Å². The third-order valence-corrected chi connectivity index (χ3v) is 3.02. The molecule has 0 aliphatic carbocycles. The SMILES string of the molecule is C=CC(=O)OCC=Cc1ccc2cc(OC(=O)C=C)ccc2c1. The molecule has 0 aliphatic heterocycles. The van der Waals surface area contributed by atoms with E-state index in [0.29, 0.717) is 5.75 Å². The average molecular weight is 308 g/mol. The summed E-state index contributed by atoms with van der Waals surface area (Å²) in [4.78, 5) is 22.1. The molecule has 0 aromatic heterocycles. The molecule has 0 radical (unpaired) electrons. The molecule has 0 unspecified atom stereocenters. The van der Waals surface area contributed by atoms with E-state index in [9.17, 15) is 9.59 Å². The maximum Gasteiger partial charge on any atom is 0.335 e. The number of rotatable bonds is 6. The highest BCUT2D eigenvalue weighted by Gasteiger charge is 2.02. The molecule has 0 N–H and O–H groups in total. The Morgan fingerprint density at radius 1 is 0.957 bits per heavy atom. The van der Waals surface area contributed by atoms with Gasteiger partial charge in [0.2, 0.25) is 0 Å². The monoisotopic (exact) mass is 308 g/mol. The Labute approximate surface area is 134 Å². The molecular formula is C19H16O4. The van der Waals surface area contributed by atoms with E-state index in [1.165, 1.54) is 0 Å². The molecule has 2 aromatic carbocycles.